The second-order valence-corrected chi connectivity index (χ2v) is 12.5. The number of ether oxygens (including phenoxy) is 4. The third-order valence-electron chi connectivity index (χ3n) is 3.31. The first-order chi connectivity index (χ1) is 11.8. The third kappa shape index (κ3) is 16.0. The van der Waals surface area contributed by atoms with Crippen LogP contribution in [0.2, 0.25) is 25.7 Å². The molecule has 0 amide bonds. The fourth-order valence-corrected chi connectivity index (χ4v) is 2.43. The minimum atomic E-state index is -1.04. The zero-order valence-corrected chi connectivity index (χ0v) is 17.3. The van der Waals surface area contributed by atoms with Gasteiger partial charge in [0.25, 0.3) is 0 Å². The lowest BCUT2D eigenvalue weighted by Crippen LogP contribution is -2.22. The van der Waals surface area contributed by atoms with Crippen molar-refractivity contribution in [3.05, 3.63) is 37.0 Å². The van der Waals surface area contributed by atoms with Gasteiger partial charge in [-0.15, -0.1) is 6.58 Å². The van der Waals surface area contributed by atoms with Gasteiger partial charge in [-0.25, -0.2) is 4.79 Å². The molecule has 2 atom stereocenters. The van der Waals surface area contributed by atoms with Gasteiger partial charge in [-0.3, -0.25) is 0 Å². The van der Waals surface area contributed by atoms with Crippen molar-refractivity contribution in [1.29, 1.82) is 0 Å². The predicted octanol–water partition coefficient (Wildman–Crippen LogP) is 3.95. The monoisotopic (exact) mass is 370 g/mol. The molecule has 0 aromatic rings. The Hall–Kier alpha value is -1.21. The molecule has 0 unspecified atom stereocenters. The second-order valence-electron chi connectivity index (χ2n) is 6.91. The molecule has 0 rings (SSSR count). The lowest BCUT2D eigenvalue weighted by molar-refractivity contribution is -0.134. The number of carbonyl (C=O) groups is 1. The van der Waals surface area contributed by atoms with Crippen LogP contribution >= 0.6 is 0 Å². The van der Waals surface area contributed by atoms with Crippen LogP contribution < -0.4 is 0 Å². The highest BCUT2D eigenvalue weighted by atomic mass is 28.3. The van der Waals surface area contributed by atoms with E-state index in [9.17, 15) is 4.79 Å². The number of carbonyl (C=O) groups excluding carboxylic acids is 1. The highest BCUT2D eigenvalue weighted by Crippen LogP contribution is 2.08. The first-order valence-electron chi connectivity index (χ1n) is 8.63. The lowest BCUT2D eigenvalue weighted by atomic mass is 10.2. The molecule has 0 bridgehead atoms. The summed E-state index contributed by atoms with van der Waals surface area (Å²) in [6, 6.07) is 1.14. The van der Waals surface area contributed by atoms with Crippen molar-refractivity contribution in [1.82, 2.24) is 0 Å². The van der Waals surface area contributed by atoms with Crippen molar-refractivity contribution in [3.63, 3.8) is 0 Å². The molecule has 25 heavy (non-hydrogen) atoms. The van der Waals surface area contributed by atoms with E-state index in [1.807, 2.05) is 19.1 Å². The van der Waals surface area contributed by atoms with Crippen LogP contribution in [0.5, 0.6) is 0 Å². The average Bonchev–Trinajstić information content (AvgIpc) is 2.55. The molecular weight excluding hydrogens is 336 g/mol. The molecule has 0 heterocycles. The fourth-order valence-electron chi connectivity index (χ4n) is 1.68. The Labute approximate surface area is 153 Å². The standard InChI is InChI=1S/C19H34O5Si/c1-7-18(23-13-9-12-19(20)21-3)11-8-10-17(2)24-16-22-14-15-25(4,5)6/h7-10,12,17-18H,1,11,13-16H2,2-6H3/b10-8-,12-9-/t17-,18-/m1/s1. The number of rotatable bonds is 14. The lowest BCUT2D eigenvalue weighted by Gasteiger charge is -2.16. The van der Waals surface area contributed by atoms with E-state index in [1.54, 1.807) is 12.2 Å². The summed E-state index contributed by atoms with van der Waals surface area (Å²) < 4.78 is 21.2. The van der Waals surface area contributed by atoms with Crippen molar-refractivity contribution < 1.29 is 23.7 Å². The fraction of sp³-hybridized carbons (Fsp3) is 0.632. The molecule has 0 aliphatic heterocycles. The van der Waals surface area contributed by atoms with Crippen molar-refractivity contribution in [3.8, 4) is 0 Å². The van der Waals surface area contributed by atoms with E-state index in [1.165, 1.54) is 13.2 Å². The van der Waals surface area contributed by atoms with Gasteiger partial charge in [0.05, 0.1) is 25.9 Å². The smallest absolute Gasteiger partial charge is 0.330 e. The topological polar surface area (TPSA) is 54.0 Å². The van der Waals surface area contributed by atoms with Gasteiger partial charge in [0.2, 0.25) is 0 Å². The van der Waals surface area contributed by atoms with Gasteiger partial charge in [-0.2, -0.15) is 0 Å². The van der Waals surface area contributed by atoms with E-state index < -0.39 is 14.0 Å². The Balaban J connectivity index is 3.88. The summed E-state index contributed by atoms with van der Waals surface area (Å²) in [6.07, 6.45) is 9.25. The molecule has 144 valence electrons. The molecule has 0 aliphatic rings. The van der Waals surface area contributed by atoms with Crippen LogP contribution in [-0.4, -0.2) is 53.4 Å². The first kappa shape index (κ1) is 23.8. The summed E-state index contributed by atoms with van der Waals surface area (Å²) in [4.78, 5) is 10.9. The molecule has 0 fully saturated rings. The summed E-state index contributed by atoms with van der Waals surface area (Å²) in [5.41, 5.74) is 0. The second kappa shape index (κ2) is 14.0. The Morgan fingerprint density at radius 3 is 2.52 bits per heavy atom. The largest absolute Gasteiger partial charge is 0.466 e. The van der Waals surface area contributed by atoms with Crippen molar-refractivity contribution in [2.75, 3.05) is 27.1 Å². The van der Waals surface area contributed by atoms with E-state index in [4.69, 9.17) is 14.2 Å². The van der Waals surface area contributed by atoms with Gasteiger partial charge in [-0.05, 0) is 19.4 Å². The van der Waals surface area contributed by atoms with Crippen molar-refractivity contribution in [2.24, 2.45) is 0 Å². The number of hydrogen-bond acceptors (Lipinski definition) is 5. The van der Waals surface area contributed by atoms with Crippen LogP contribution in [-0.2, 0) is 23.7 Å². The maximum absolute atomic E-state index is 10.9. The highest BCUT2D eigenvalue weighted by Gasteiger charge is 2.12. The van der Waals surface area contributed by atoms with Gasteiger partial charge in [-0.1, -0.05) is 43.9 Å². The van der Waals surface area contributed by atoms with Crippen LogP contribution in [0.1, 0.15) is 13.3 Å². The Morgan fingerprint density at radius 2 is 1.92 bits per heavy atom. The molecule has 0 N–H and O–H groups in total. The summed E-state index contributed by atoms with van der Waals surface area (Å²) in [6.45, 7) is 14.1. The Kier molecular flexibility index (Phi) is 13.3. The quantitative estimate of drug-likeness (QED) is 0.116. The molecule has 0 saturated heterocycles. The van der Waals surface area contributed by atoms with Gasteiger partial charge >= 0.3 is 5.97 Å². The SMILES string of the molecule is C=C[C@H](C/C=C\[C@@H](C)OCOCC[Si](C)(C)C)OC/C=C\C(=O)OC. The molecule has 5 nitrogen and oxygen atoms in total. The summed E-state index contributed by atoms with van der Waals surface area (Å²) in [5, 5.41) is 0. The number of esters is 1. The minimum Gasteiger partial charge on any atom is -0.466 e. The normalized spacial score (nSPS) is 14.8. The van der Waals surface area contributed by atoms with Crippen LogP contribution in [0.3, 0.4) is 0 Å². The Bertz CT molecular complexity index is 426. The molecule has 0 aliphatic carbocycles. The third-order valence-corrected chi connectivity index (χ3v) is 5.01. The van der Waals surface area contributed by atoms with Gasteiger partial charge in [0.1, 0.15) is 6.79 Å². The Morgan fingerprint density at radius 1 is 1.20 bits per heavy atom. The molecule has 0 spiro atoms. The van der Waals surface area contributed by atoms with Crippen LogP contribution in [0.15, 0.2) is 37.0 Å². The highest BCUT2D eigenvalue weighted by molar-refractivity contribution is 6.76. The maximum Gasteiger partial charge on any atom is 0.330 e. The minimum absolute atomic E-state index is 0.0171. The molecule has 0 radical (unpaired) electrons. The first-order valence-corrected chi connectivity index (χ1v) is 12.3. The van der Waals surface area contributed by atoms with Crippen molar-refractivity contribution in [2.45, 2.75) is 51.2 Å². The average molecular weight is 371 g/mol. The number of hydrogen-bond donors (Lipinski definition) is 0. The van der Waals surface area contributed by atoms with Crippen LogP contribution in [0.25, 0.3) is 0 Å². The van der Waals surface area contributed by atoms with E-state index in [0.717, 1.165) is 12.7 Å². The van der Waals surface area contributed by atoms with E-state index in [2.05, 4.69) is 31.0 Å². The number of methoxy groups -OCH3 is 1. The zero-order chi connectivity index (χ0) is 19.1. The molecular formula is C19H34O5Si. The summed E-state index contributed by atoms with van der Waals surface area (Å²) in [7, 11) is 0.296. The van der Waals surface area contributed by atoms with Gasteiger partial charge in [0.15, 0.2) is 0 Å². The molecule has 6 heteroatoms. The van der Waals surface area contributed by atoms with E-state index in [-0.39, 0.29) is 12.2 Å². The summed E-state index contributed by atoms with van der Waals surface area (Å²) in [5.74, 6) is -0.392. The molecule has 0 aromatic carbocycles. The van der Waals surface area contributed by atoms with Crippen LogP contribution in [0.4, 0.5) is 0 Å². The zero-order valence-electron chi connectivity index (χ0n) is 16.3. The molecule has 0 aromatic heterocycles. The van der Waals surface area contributed by atoms with Gasteiger partial charge < -0.3 is 18.9 Å². The van der Waals surface area contributed by atoms with Gasteiger partial charge in [0, 0.05) is 20.8 Å². The van der Waals surface area contributed by atoms with Crippen LogP contribution in [0, 0.1) is 0 Å². The van der Waals surface area contributed by atoms with Crippen molar-refractivity contribution >= 4 is 14.0 Å². The van der Waals surface area contributed by atoms with E-state index >= 15 is 0 Å². The van der Waals surface area contributed by atoms with E-state index in [0.29, 0.717) is 19.8 Å². The predicted molar refractivity (Wildman–Crippen MR) is 104 cm³/mol. The molecule has 0 saturated carbocycles. The summed E-state index contributed by atoms with van der Waals surface area (Å²) >= 11 is 0. The maximum atomic E-state index is 10.9.